The summed E-state index contributed by atoms with van der Waals surface area (Å²) in [4.78, 5) is 12.2. The Morgan fingerprint density at radius 1 is 1.33 bits per heavy atom. The second-order valence-electron chi connectivity index (χ2n) is 6.24. The summed E-state index contributed by atoms with van der Waals surface area (Å²) < 4.78 is 0. The molecule has 4 aliphatic carbocycles. The predicted molar refractivity (Wildman–Crippen MR) is 57.3 cm³/mol. The van der Waals surface area contributed by atoms with E-state index >= 15 is 0 Å². The Kier molecular flexibility index (Phi) is 1.74. The lowest BCUT2D eigenvalue weighted by atomic mass is 9.42. The average molecular weight is 208 g/mol. The quantitative estimate of drug-likeness (QED) is 0.662. The van der Waals surface area contributed by atoms with Crippen molar-refractivity contribution in [2.24, 2.45) is 23.2 Å². The molecule has 0 radical (unpaired) electrons. The fourth-order valence-electron chi connectivity index (χ4n) is 4.62. The Bertz CT molecular complexity index is 324. The zero-order valence-corrected chi connectivity index (χ0v) is 9.62. The molecule has 5 atom stereocenters. The summed E-state index contributed by atoms with van der Waals surface area (Å²) in [6.45, 7) is 4.45. The maximum absolute atomic E-state index is 12.2. The van der Waals surface area contributed by atoms with E-state index in [0.29, 0.717) is 18.3 Å². The zero-order chi connectivity index (χ0) is 10.8. The van der Waals surface area contributed by atoms with E-state index in [0.717, 1.165) is 25.7 Å². The average Bonchev–Trinajstić information content (AvgIpc) is 2.21. The SMILES string of the molecule is C[C@H]1CC[C@@]2(O)C(=O)[C@@H]3CC[C@@]2(C)[C@H]1C3. The van der Waals surface area contributed by atoms with Crippen molar-refractivity contribution in [2.45, 2.75) is 51.6 Å². The third kappa shape index (κ3) is 0.926. The summed E-state index contributed by atoms with van der Waals surface area (Å²) in [6.07, 6.45) is 4.83. The van der Waals surface area contributed by atoms with Gasteiger partial charge in [0, 0.05) is 11.3 Å². The molecule has 4 aliphatic rings. The highest BCUT2D eigenvalue weighted by Gasteiger charge is 2.66. The number of carbonyl (C=O) groups is 1. The van der Waals surface area contributed by atoms with Gasteiger partial charge in [0.2, 0.25) is 0 Å². The van der Waals surface area contributed by atoms with Gasteiger partial charge >= 0.3 is 0 Å². The van der Waals surface area contributed by atoms with Crippen molar-refractivity contribution in [2.75, 3.05) is 0 Å². The summed E-state index contributed by atoms with van der Waals surface area (Å²) in [5.41, 5.74) is -1.08. The molecule has 0 saturated heterocycles. The van der Waals surface area contributed by atoms with Gasteiger partial charge in [-0.05, 0) is 43.9 Å². The molecular weight excluding hydrogens is 188 g/mol. The van der Waals surface area contributed by atoms with Gasteiger partial charge in [0.1, 0.15) is 5.60 Å². The lowest BCUT2D eigenvalue weighted by molar-refractivity contribution is -0.214. The Balaban J connectivity index is 2.11. The largest absolute Gasteiger partial charge is 0.381 e. The van der Waals surface area contributed by atoms with Gasteiger partial charge in [0.15, 0.2) is 5.78 Å². The van der Waals surface area contributed by atoms with Crippen LogP contribution in [0.5, 0.6) is 0 Å². The van der Waals surface area contributed by atoms with Crippen molar-refractivity contribution >= 4 is 5.78 Å². The van der Waals surface area contributed by atoms with Crippen LogP contribution in [0.1, 0.15) is 46.0 Å². The Morgan fingerprint density at radius 2 is 2.07 bits per heavy atom. The molecule has 0 aromatic heterocycles. The van der Waals surface area contributed by atoms with Gasteiger partial charge in [-0.3, -0.25) is 4.79 Å². The molecule has 0 aromatic carbocycles. The van der Waals surface area contributed by atoms with Crippen molar-refractivity contribution in [3.8, 4) is 0 Å². The lowest BCUT2D eigenvalue weighted by Crippen LogP contribution is -2.68. The molecule has 0 aliphatic heterocycles. The molecule has 2 heteroatoms. The third-order valence-corrected chi connectivity index (χ3v) is 5.74. The fraction of sp³-hybridized carbons (Fsp3) is 0.923. The molecule has 15 heavy (non-hydrogen) atoms. The molecule has 4 fully saturated rings. The topological polar surface area (TPSA) is 37.3 Å². The molecule has 0 spiro atoms. The smallest absolute Gasteiger partial charge is 0.167 e. The second kappa shape index (κ2) is 2.65. The van der Waals surface area contributed by atoms with Gasteiger partial charge in [0.25, 0.3) is 0 Å². The van der Waals surface area contributed by atoms with Gasteiger partial charge in [-0.25, -0.2) is 0 Å². The maximum atomic E-state index is 12.2. The Morgan fingerprint density at radius 3 is 2.80 bits per heavy atom. The summed E-state index contributed by atoms with van der Waals surface area (Å²) in [5.74, 6) is 1.60. The van der Waals surface area contributed by atoms with Crippen LogP contribution in [0.15, 0.2) is 0 Å². The molecule has 0 amide bonds. The first-order valence-electron chi connectivity index (χ1n) is 6.26. The molecule has 4 saturated carbocycles. The Labute approximate surface area is 91.1 Å². The van der Waals surface area contributed by atoms with E-state index in [1.165, 1.54) is 0 Å². The van der Waals surface area contributed by atoms with E-state index in [4.69, 9.17) is 0 Å². The number of ketones is 1. The number of fused-ring (bicyclic) bond motifs is 1. The maximum Gasteiger partial charge on any atom is 0.167 e. The molecule has 2 nitrogen and oxygen atoms in total. The van der Waals surface area contributed by atoms with Gasteiger partial charge in [-0.2, -0.15) is 0 Å². The fourth-order valence-corrected chi connectivity index (χ4v) is 4.62. The van der Waals surface area contributed by atoms with Crippen LogP contribution in [0.25, 0.3) is 0 Å². The molecule has 84 valence electrons. The van der Waals surface area contributed by atoms with Crippen LogP contribution in [-0.4, -0.2) is 16.5 Å². The molecule has 0 unspecified atom stereocenters. The van der Waals surface area contributed by atoms with E-state index < -0.39 is 5.60 Å². The minimum absolute atomic E-state index is 0.115. The normalized spacial score (nSPS) is 58.3. The van der Waals surface area contributed by atoms with Crippen LogP contribution >= 0.6 is 0 Å². The van der Waals surface area contributed by atoms with E-state index in [2.05, 4.69) is 13.8 Å². The monoisotopic (exact) mass is 208 g/mol. The van der Waals surface area contributed by atoms with Gasteiger partial charge in [0.05, 0.1) is 0 Å². The number of carbonyl (C=O) groups excluding carboxylic acids is 1. The van der Waals surface area contributed by atoms with E-state index in [1.54, 1.807) is 0 Å². The second-order valence-corrected chi connectivity index (χ2v) is 6.24. The van der Waals surface area contributed by atoms with Gasteiger partial charge in [-0.15, -0.1) is 0 Å². The van der Waals surface area contributed by atoms with Gasteiger partial charge < -0.3 is 5.11 Å². The third-order valence-electron chi connectivity index (χ3n) is 5.74. The van der Waals surface area contributed by atoms with Crippen LogP contribution in [0.3, 0.4) is 0 Å². The highest BCUT2D eigenvalue weighted by Crippen LogP contribution is 2.63. The van der Waals surface area contributed by atoms with E-state index in [-0.39, 0.29) is 17.1 Å². The lowest BCUT2D eigenvalue weighted by Gasteiger charge is -2.63. The number of hydrogen-bond acceptors (Lipinski definition) is 2. The van der Waals surface area contributed by atoms with Crippen LogP contribution < -0.4 is 0 Å². The summed E-state index contributed by atoms with van der Waals surface area (Å²) in [6, 6.07) is 0. The molecule has 4 rings (SSSR count). The minimum Gasteiger partial charge on any atom is -0.381 e. The molecule has 4 bridgehead atoms. The predicted octanol–water partition coefficient (Wildman–Crippen LogP) is 2.15. The van der Waals surface area contributed by atoms with Crippen molar-refractivity contribution in [3.05, 3.63) is 0 Å². The van der Waals surface area contributed by atoms with Crippen LogP contribution in [-0.2, 0) is 4.79 Å². The highest BCUT2D eigenvalue weighted by molar-refractivity contribution is 5.92. The van der Waals surface area contributed by atoms with Crippen molar-refractivity contribution in [1.29, 1.82) is 0 Å². The molecule has 1 N–H and O–H groups in total. The first-order valence-corrected chi connectivity index (χ1v) is 6.26. The van der Waals surface area contributed by atoms with Crippen LogP contribution in [0.2, 0.25) is 0 Å². The number of Topliss-reactive ketones (excluding diaryl/α,β-unsaturated/α-hetero) is 1. The molecule has 0 heterocycles. The first kappa shape index (κ1) is 9.83. The summed E-state index contributed by atoms with van der Waals surface area (Å²) in [5, 5.41) is 10.7. The van der Waals surface area contributed by atoms with Crippen molar-refractivity contribution in [1.82, 2.24) is 0 Å². The van der Waals surface area contributed by atoms with Crippen molar-refractivity contribution in [3.63, 3.8) is 0 Å². The number of rotatable bonds is 0. The zero-order valence-electron chi connectivity index (χ0n) is 9.62. The number of aliphatic hydroxyl groups is 1. The van der Waals surface area contributed by atoms with Crippen LogP contribution in [0, 0.1) is 23.2 Å². The standard InChI is InChI=1S/C13H20O2/c1-8-3-6-13(15)11(14)9-4-5-12(13,2)10(8)7-9/h8-10,15H,3-7H2,1-2H3/t8-,9+,10-,12-,13+/m0/s1. The summed E-state index contributed by atoms with van der Waals surface area (Å²) in [7, 11) is 0. The molecule has 0 aromatic rings. The van der Waals surface area contributed by atoms with Crippen molar-refractivity contribution < 1.29 is 9.90 Å². The molecular formula is C13H20O2. The number of hydrogen-bond donors (Lipinski definition) is 1. The van der Waals surface area contributed by atoms with E-state index in [1.807, 2.05) is 0 Å². The van der Waals surface area contributed by atoms with Crippen LogP contribution in [0.4, 0.5) is 0 Å². The summed E-state index contributed by atoms with van der Waals surface area (Å²) >= 11 is 0. The minimum atomic E-state index is -0.967. The van der Waals surface area contributed by atoms with E-state index in [9.17, 15) is 9.90 Å². The first-order chi connectivity index (χ1) is 6.99. The Hall–Kier alpha value is -0.370. The highest BCUT2D eigenvalue weighted by atomic mass is 16.3. The van der Waals surface area contributed by atoms with Gasteiger partial charge in [-0.1, -0.05) is 13.8 Å².